The van der Waals surface area contributed by atoms with E-state index in [1.165, 1.54) is 34.6 Å². The summed E-state index contributed by atoms with van der Waals surface area (Å²) in [6.45, 7) is 0.393. The van der Waals surface area contributed by atoms with Gasteiger partial charge in [-0.2, -0.15) is 4.31 Å². The van der Waals surface area contributed by atoms with Gasteiger partial charge >= 0.3 is 0 Å². The zero-order chi connectivity index (χ0) is 22.9. The van der Waals surface area contributed by atoms with Crippen molar-refractivity contribution >= 4 is 45.0 Å². The Kier molecular flexibility index (Phi) is 6.32. The second kappa shape index (κ2) is 9.01. The summed E-state index contributed by atoms with van der Waals surface area (Å²) >= 11 is 6.18. The molecule has 0 unspecified atom stereocenters. The number of nitrogens with one attached hydrogen (secondary N) is 1. The molecule has 1 saturated heterocycles. The van der Waals surface area contributed by atoms with Gasteiger partial charge in [-0.25, -0.2) is 8.42 Å². The van der Waals surface area contributed by atoms with Gasteiger partial charge < -0.3 is 5.32 Å². The largest absolute Gasteiger partial charge is 0.323 e. The highest BCUT2D eigenvalue weighted by Crippen LogP contribution is 2.28. The van der Waals surface area contributed by atoms with Crippen LogP contribution in [0.15, 0.2) is 47.4 Å². The first-order valence-corrected chi connectivity index (χ1v) is 12.2. The predicted octanol–water partition coefficient (Wildman–Crippen LogP) is 3.14. The summed E-state index contributed by atoms with van der Waals surface area (Å²) in [5.41, 5.74) is 0.590. The van der Waals surface area contributed by atoms with Gasteiger partial charge in [0.05, 0.1) is 26.7 Å². The predicted molar refractivity (Wildman–Crippen MR) is 119 cm³/mol. The molecule has 32 heavy (non-hydrogen) atoms. The first-order valence-electron chi connectivity index (χ1n) is 10.3. The van der Waals surface area contributed by atoms with Gasteiger partial charge in [0.15, 0.2) is 0 Å². The van der Waals surface area contributed by atoms with Gasteiger partial charge in [-0.3, -0.25) is 19.3 Å². The SMILES string of the molecule is O=C(CN1C(=O)c2ccccc2C1=O)Nc1cc(S(=O)(=O)N2CCCCCC2)ccc1Cl. The topological polar surface area (TPSA) is 104 Å². The minimum atomic E-state index is -3.73. The number of benzene rings is 2. The van der Waals surface area contributed by atoms with E-state index in [4.69, 9.17) is 11.6 Å². The second-order valence-corrected chi connectivity index (χ2v) is 10.1. The van der Waals surface area contributed by atoms with Crippen molar-refractivity contribution < 1.29 is 22.8 Å². The standard InChI is InChI=1S/C22H22ClN3O5S/c23-18-10-9-15(32(30,31)25-11-5-1-2-6-12-25)13-19(18)24-20(27)14-26-21(28)16-7-3-4-8-17(16)22(26)29/h3-4,7-10,13H,1-2,5-6,11-12,14H2,(H,24,27). The van der Waals surface area contributed by atoms with E-state index in [0.717, 1.165) is 30.6 Å². The Labute approximate surface area is 191 Å². The average molecular weight is 476 g/mol. The van der Waals surface area contributed by atoms with Crippen molar-refractivity contribution in [3.8, 4) is 0 Å². The van der Waals surface area contributed by atoms with E-state index >= 15 is 0 Å². The molecule has 0 aromatic heterocycles. The van der Waals surface area contributed by atoms with Gasteiger partial charge in [-0.1, -0.05) is 36.6 Å². The maximum Gasteiger partial charge on any atom is 0.262 e. The normalized spacial score (nSPS) is 17.2. The number of carbonyl (C=O) groups excluding carboxylic acids is 3. The maximum atomic E-state index is 13.1. The van der Waals surface area contributed by atoms with Crippen molar-refractivity contribution in [2.75, 3.05) is 25.0 Å². The van der Waals surface area contributed by atoms with Crippen molar-refractivity contribution in [3.63, 3.8) is 0 Å². The molecule has 2 aromatic carbocycles. The molecule has 168 valence electrons. The van der Waals surface area contributed by atoms with Crippen LogP contribution >= 0.6 is 11.6 Å². The molecule has 0 saturated carbocycles. The number of rotatable bonds is 5. The van der Waals surface area contributed by atoms with Crippen LogP contribution in [0, 0.1) is 0 Å². The molecule has 0 spiro atoms. The van der Waals surface area contributed by atoms with E-state index in [0.29, 0.717) is 13.1 Å². The molecule has 4 rings (SSSR count). The summed E-state index contributed by atoms with van der Waals surface area (Å²) in [6.07, 6.45) is 3.59. The van der Waals surface area contributed by atoms with Crippen LogP contribution in [0.5, 0.6) is 0 Å². The van der Waals surface area contributed by atoms with E-state index in [1.54, 1.807) is 12.1 Å². The average Bonchev–Trinajstić information content (AvgIpc) is 2.98. The van der Waals surface area contributed by atoms with Crippen LogP contribution < -0.4 is 5.32 Å². The van der Waals surface area contributed by atoms with Crippen molar-refractivity contribution in [1.82, 2.24) is 9.21 Å². The number of fused-ring (bicyclic) bond motifs is 1. The van der Waals surface area contributed by atoms with Crippen molar-refractivity contribution in [2.24, 2.45) is 0 Å². The van der Waals surface area contributed by atoms with E-state index in [-0.39, 0.29) is 26.7 Å². The van der Waals surface area contributed by atoms with Crippen LogP contribution in [-0.2, 0) is 14.8 Å². The first-order chi connectivity index (χ1) is 15.3. The van der Waals surface area contributed by atoms with E-state index in [9.17, 15) is 22.8 Å². The molecule has 2 aliphatic heterocycles. The fourth-order valence-corrected chi connectivity index (χ4v) is 5.62. The molecule has 0 bridgehead atoms. The Balaban J connectivity index is 1.51. The van der Waals surface area contributed by atoms with Crippen molar-refractivity contribution in [2.45, 2.75) is 30.6 Å². The highest BCUT2D eigenvalue weighted by molar-refractivity contribution is 7.89. The number of imide groups is 1. The Morgan fingerprint density at radius 2 is 1.53 bits per heavy atom. The summed E-state index contributed by atoms with van der Waals surface area (Å²) in [4.78, 5) is 38.4. The molecule has 2 aliphatic rings. The van der Waals surface area contributed by atoms with Crippen LogP contribution in [0.4, 0.5) is 5.69 Å². The summed E-state index contributed by atoms with van der Waals surface area (Å²) in [7, 11) is -3.73. The molecule has 1 N–H and O–H groups in total. The maximum absolute atomic E-state index is 13.1. The molecule has 10 heteroatoms. The zero-order valence-electron chi connectivity index (χ0n) is 17.2. The zero-order valence-corrected chi connectivity index (χ0v) is 18.8. The van der Waals surface area contributed by atoms with E-state index in [1.807, 2.05) is 0 Å². The smallest absolute Gasteiger partial charge is 0.262 e. The number of hydrogen-bond donors (Lipinski definition) is 1. The number of nitrogens with zero attached hydrogens (tertiary/aromatic N) is 2. The molecule has 2 heterocycles. The quantitative estimate of drug-likeness (QED) is 0.669. The molecule has 8 nitrogen and oxygen atoms in total. The van der Waals surface area contributed by atoms with Crippen molar-refractivity contribution in [3.05, 3.63) is 58.6 Å². The van der Waals surface area contributed by atoms with E-state index < -0.39 is 34.3 Å². The van der Waals surface area contributed by atoms with Gasteiger partial charge in [0, 0.05) is 13.1 Å². The highest BCUT2D eigenvalue weighted by atomic mass is 35.5. The van der Waals surface area contributed by atoms with Crippen LogP contribution in [0.2, 0.25) is 5.02 Å². The Hall–Kier alpha value is -2.75. The van der Waals surface area contributed by atoms with Gasteiger partial charge in [0.1, 0.15) is 6.54 Å². The number of halogens is 1. The van der Waals surface area contributed by atoms with Gasteiger partial charge in [0.25, 0.3) is 11.8 Å². The number of hydrogen-bond acceptors (Lipinski definition) is 5. The fraction of sp³-hybridized carbons (Fsp3) is 0.318. The number of amides is 3. The second-order valence-electron chi connectivity index (χ2n) is 7.75. The lowest BCUT2D eigenvalue weighted by molar-refractivity contribution is -0.116. The molecule has 0 radical (unpaired) electrons. The van der Waals surface area contributed by atoms with Gasteiger partial charge in [-0.05, 0) is 43.2 Å². The molecule has 1 fully saturated rings. The highest BCUT2D eigenvalue weighted by Gasteiger charge is 2.36. The minimum Gasteiger partial charge on any atom is -0.323 e. The molecule has 0 aliphatic carbocycles. The number of sulfonamides is 1. The lowest BCUT2D eigenvalue weighted by atomic mass is 10.1. The summed E-state index contributed by atoms with van der Waals surface area (Å²) < 4.78 is 27.6. The van der Waals surface area contributed by atoms with Gasteiger partial charge in [0.2, 0.25) is 15.9 Å². The fourth-order valence-electron chi connectivity index (χ4n) is 3.91. The summed E-state index contributed by atoms with van der Waals surface area (Å²) in [6, 6.07) is 10.5. The molecule has 3 amide bonds. The number of carbonyl (C=O) groups is 3. The summed E-state index contributed by atoms with van der Waals surface area (Å²) in [5, 5.41) is 2.68. The lowest BCUT2D eigenvalue weighted by Gasteiger charge is -2.21. The Bertz CT molecular complexity index is 1150. The van der Waals surface area contributed by atoms with Gasteiger partial charge in [-0.15, -0.1) is 0 Å². The molecular weight excluding hydrogens is 454 g/mol. The van der Waals surface area contributed by atoms with Crippen LogP contribution in [0.3, 0.4) is 0 Å². The monoisotopic (exact) mass is 475 g/mol. The third-order valence-corrected chi connectivity index (χ3v) is 7.82. The van der Waals surface area contributed by atoms with E-state index in [2.05, 4.69) is 5.32 Å². The third-order valence-electron chi connectivity index (χ3n) is 5.59. The lowest BCUT2D eigenvalue weighted by Crippen LogP contribution is -2.37. The molecule has 0 atom stereocenters. The third kappa shape index (κ3) is 4.28. The van der Waals surface area contributed by atoms with Crippen LogP contribution in [0.25, 0.3) is 0 Å². The number of anilines is 1. The van der Waals surface area contributed by atoms with Crippen molar-refractivity contribution in [1.29, 1.82) is 0 Å². The minimum absolute atomic E-state index is 0.0276. The Morgan fingerprint density at radius 1 is 0.938 bits per heavy atom. The molecular formula is C22H22ClN3O5S. The summed E-state index contributed by atoms with van der Waals surface area (Å²) in [5.74, 6) is -1.76. The first kappa shape index (κ1) is 22.4. The van der Waals surface area contributed by atoms with Crippen LogP contribution in [-0.4, -0.2) is 55.0 Å². The van der Waals surface area contributed by atoms with Crippen LogP contribution in [0.1, 0.15) is 46.4 Å². The molecule has 2 aromatic rings. The Morgan fingerprint density at radius 3 is 2.12 bits per heavy atom.